The van der Waals surface area contributed by atoms with Crippen molar-refractivity contribution in [2.45, 2.75) is 19.5 Å². The average Bonchev–Trinajstić information content (AvgIpc) is 3.09. The zero-order chi connectivity index (χ0) is 21.3. The topological polar surface area (TPSA) is 46.9 Å². The van der Waals surface area contributed by atoms with Gasteiger partial charge >= 0.3 is 0 Å². The average molecular weight is 459 g/mol. The van der Waals surface area contributed by atoms with Crippen LogP contribution in [0.4, 0.5) is 0 Å². The van der Waals surface area contributed by atoms with Crippen LogP contribution in [-0.4, -0.2) is 15.5 Å². The van der Waals surface area contributed by atoms with Gasteiger partial charge in [-0.25, -0.2) is 4.98 Å². The number of benzene rings is 3. The number of nitrogens with zero attached hydrogens (tertiary/aromatic N) is 2. The van der Waals surface area contributed by atoms with E-state index in [4.69, 9.17) is 39.8 Å². The lowest BCUT2D eigenvalue weighted by atomic mass is 10.2. The van der Waals surface area contributed by atoms with Gasteiger partial charge in [-0.2, -0.15) is 0 Å². The van der Waals surface area contributed by atoms with E-state index >= 15 is 0 Å². The van der Waals surface area contributed by atoms with E-state index in [-0.39, 0.29) is 11.9 Å². The van der Waals surface area contributed by atoms with Crippen molar-refractivity contribution in [1.82, 2.24) is 14.9 Å². The van der Waals surface area contributed by atoms with Crippen molar-refractivity contribution in [2.75, 3.05) is 0 Å². The van der Waals surface area contributed by atoms with Crippen LogP contribution in [0.3, 0.4) is 0 Å². The van der Waals surface area contributed by atoms with E-state index in [2.05, 4.69) is 9.88 Å². The highest BCUT2D eigenvalue weighted by molar-refractivity contribution is 6.42. The molecule has 0 spiro atoms. The van der Waals surface area contributed by atoms with Crippen LogP contribution in [0.15, 0.2) is 66.7 Å². The van der Waals surface area contributed by atoms with Crippen LogP contribution >= 0.6 is 34.8 Å². The quantitative estimate of drug-likeness (QED) is 0.369. The Balaban J connectivity index is 1.68. The first-order valence-corrected chi connectivity index (χ1v) is 10.5. The van der Waals surface area contributed by atoms with Gasteiger partial charge in [-0.1, -0.05) is 59.1 Å². The number of aromatic nitrogens is 2. The van der Waals surface area contributed by atoms with E-state index in [9.17, 15) is 4.79 Å². The summed E-state index contributed by atoms with van der Waals surface area (Å²) in [6, 6.07) is 20.0. The van der Waals surface area contributed by atoms with Gasteiger partial charge in [-0.3, -0.25) is 4.79 Å². The third kappa shape index (κ3) is 4.31. The molecule has 4 aromatic rings. The lowest BCUT2D eigenvalue weighted by molar-refractivity contribution is 0.0938. The maximum absolute atomic E-state index is 12.7. The molecule has 0 saturated heterocycles. The molecule has 4 nitrogen and oxygen atoms in total. The number of carbonyl (C=O) groups is 1. The molecule has 1 atom stereocenters. The first-order valence-electron chi connectivity index (χ1n) is 9.38. The molecule has 1 aromatic heterocycles. The summed E-state index contributed by atoms with van der Waals surface area (Å²) in [6.07, 6.45) is 0. The molecular formula is C23H18Cl3N3O. The normalized spacial score (nSPS) is 12.1. The molecule has 1 heterocycles. The standard InChI is InChI=1S/C23H18Cl3N3O/c1-14(27-23(30)16-5-4-6-17(24)12-16)22-28-20-7-2-3-8-21(20)29(22)13-15-9-10-18(25)19(26)11-15/h2-12,14H,13H2,1H3,(H,27,30). The summed E-state index contributed by atoms with van der Waals surface area (Å²) in [4.78, 5) is 17.5. The SMILES string of the molecule is CC(NC(=O)c1cccc(Cl)c1)c1nc2ccccc2n1Cc1ccc(Cl)c(Cl)c1. The first kappa shape index (κ1) is 20.7. The summed E-state index contributed by atoms with van der Waals surface area (Å²) in [7, 11) is 0. The maximum atomic E-state index is 12.7. The molecule has 0 bridgehead atoms. The summed E-state index contributed by atoms with van der Waals surface area (Å²) < 4.78 is 2.08. The summed E-state index contributed by atoms with van der Waals surface area (Å²) in [5.41, 5.74) is 3.32. The smallest absolute Gasteiger partial charge is 0.251 e. The number of halogens is 3. The van der Waals surface area contributed by atoms with Crippen molar-refractivity contribution in [3.8, 4) is 0 Å². The maximum Gasteiger partial charge on any atom is 0.251 e. The van der Waals surface area contributed by atoms with Gasteiger partial charge < -0.3 is 9.88 Å². The molecule has 4 rings (SSSR count). The van der Waals surface area contributed by atoms with E-state index in [1.807, 2.05) is 43.3 Å². The third-order valence-corrected chi connectivity index (χ3v) is 5.80. The van der Waals surface area contributed by atoms with Gasteiger partial charge in [-0.15, -0.1) is 0 Å². The number of nitrogens with one attached hydrogen (secondary N) is 1. The molecule has 0 radical (unpaired) electrons. The second-order valence-corrected chi connectivity index (χ2v) is 8.25. The minimum atomic E-state index is -0.327. The van der Waals surface area contributed by atoms with E-state index in [1.54, 1.807) is 30.3 Å². The number of amides is 1. The van der Waals surface area contributed by atoms with E-state index in [0.717, 1.165) is 22.4 Å². The van der Waals surface area contributed by atoms with Crippen molar-refractivity contribution in [2.24, 2.45) is 0 Å². The van der Waals surface area contributed by atoms with Crippen LogP contribution in [-0.2, 0) is 6.54 Å². The van der Waals surface area contributed by atoms with Gasteiger partial charge in [0.15, 0.2) is 0 Å². The largest absolute Gasteiger partial charge is 0.342 e. The molecule has 7 heteroatoms. The molecule has 30 heavy (non-hydrogen) atoms. The lowest BCUT2D eigenvalue weighted by Crippen LogP contribution is -2.28. The first-order chi connectivity index (χ1) is 14.4. The van der Waals surface area contributed by atoms with Crippen LogP contribution in [0.5, 0.6) is 0 Å². The molecule has 0 aliphatic rings. The summed E-state index contributed by atoms with van der Waals surface area (Å²) >= 11 is 18.3. The monoisotopic (exact) mass is 457 g/mol. The summed E-state index contributed by atoms with van der Waals surface area (Å²) in [6.45, 7) is 2.46. The van der Waals surface area contributed by atoms with Gasteiger partial charge in [0.25, 0.3) is 5.91 Å². The minimum absolute atomic E-state index is 0.210. The second-order valence-electron chi connectivity index (χ2n) is 7.00. The van der Waals surface area contributed by atoms with Crippen LogP contribution in [0.1, 0.15) is 34.7 Å². The molecule has 1 N–H and O–H groups in total. The second kappa shape index (κ2) is 8.68. The predicted molar refractivity (Wildman–Crippen MR) is 123 cm³/mol. The Kier molecular flexibility index (Phi) is 6.00. The van der Waals surface area contributed by atoms with Gasteiger partial charge in [0, 0.05) is 17.1 Å². The Morgan fingerprint density at radius 1 is 1.00 bits per heavy atom. The number of rotatable bonds is 5. The highest BCUT2D eigenvalue weighted by atomic mass is 35.5. The zero-order valence-electron chi connectivity index (χ0n) is 16.1. The van der Waals surface area contributed by atoms with E-state index < -0.39 is 0 Å². The molecule has 0 aliphatic heterocycles. The molecular weight excluding hydrogens is 441 g/mol. The Labute approximate surface area is 189 Å². The fourth-order valence-corrected chi connectivity index (χ4v) is 3.90. The van der Waals surface area contributed by atoms with Gasteiger partial charge in [0.1, 0.15) is 5.82 Å². The van der Waals surface area contributed by atoms with Crippen LogP contribution in [0.25, 0.3) is 11.0 Å². The van der Waals surface area contributed by atoms with Crippen molar-refractivity contribution in [3.05, 3.63) is 98.7 Å². The van der Waals surface area contributed by atoms with Crippen molar-refractivity contribution < 1.29 is 4.79 Å². The third-order valence-electron chi connectivity index (χ3n) is 4.83. The van der Waals surface area contributed by atoms with Crippen LogP contribution in [0.2, 0.25) is 15.1 Å². The van der Waals surface area contributed by atoms with Gasteiger partial charge in [-0.05, 0) is 55.0 Å². The number of para-hydroxylation sites is 2. The molecule has 1 amide bonds. The Morgan fingerprint density at radius 3 is 2.57 bits per heavy atom. The van der Waals surface area contributed by atoms with Crippen molar-refractivity contribution in [1.29, 1.82) is 0 Å². The highest BCUT2D eigenvalue weighted by Gasteiger charge is 2.19. The summed E-state index contributed by atoms with van der Waals surface area (Å²) in [5.74, 6) is 0.538. The molecule has 0 aliphatic carbocycles. The van der Waals surface area contributed by atoms with Gasteiger partial charge in [0.05, 0.1) is 27.1 Å². The highest BCUT2D eigenvalue weighted by Crippen LogP contribution is 2.26. The lowest BCUT2D eigenvalue weighted by Gasteiger charge is -2.17. The molecule has 3 aromatic carbocycles. The number of hydrogen-bond acceptors (Lipinski definition) is 2. The number of fused-ring (bicyclic) bond motifs is 1. The molecule has 1 unspecified atom stereocenters. The Bertz CT molecular complexity index is 1240. The minimum Gasteiger partial charge on any atom is -0.342 e. The Hall–Kier alpha value is -2.53. The van der Waals surface area contributed by atoms with Crippen molar-refractivity contribution in [3.63, 3.8) is 0 Å². The summed E-state index contributed by atoms with van der Waals surface area (Å²) in [5, 5.41) is 4.55. The number of imidazole rings is 1. The fourth-order valence-electron chi connectivity index (χ4n) is 3.39. The molecule has 152 valence electrons. The zero-order valence-corrected chi connectivity index (χ0v) is 18.3. The fraction of sp³-hybridized carbons (Fsp3) is 0.130. The van der Waals surface area contributed by atoms with Crippen molar-refractivity contribution >= 4 is 51.7 Å². The molecule has 0 saturated carbocycles. The van der Waals surface area contributed by atoms with Crippen LogP contribution in [0, 0.1) is 0 Å². The van der Waals surface area contributed by atoms with Gasteiger partial charge in [0.2, 0.25) is 0 Å². The molecule has 0 fully saturated rings. The van der Waals surface area contributed by atoms with E-state index in [0.29, 0.717) is 27.2 Å². The number of hydrogen-bond donors (Lipinski definition) is 1. The van der Waals surface area contributed by atoms with E-state index in [1.165, 1.54) is 0 Å². The predicted octanol–water partition coefficient (Wildman–Crippen LogP) is 6.54. The van der Waals surface area contributed by atoms with Crippen LogP contribution < -0.4 is 5.32 Å². The Morgan fingerprint density at radius 2 is 1.80 bits per heavy atom. The number of carbonyl (C=O) groups excluding carboxylic acids is 1.